The molecule has 7 nitrogen and oxygen atoms in total. The largest absolute Gasteiger partial charge is 0.324 e. The second-order valence-electron chi connectivity index (χ2n) is 3.35. The molecule has 94 valence electrons. The summed E-state index contributed by atoms with van der Waals surface area (Å²) in [5.41, 5.74) is 3.03. The van der Waals surface area contributed by atoms with E-state index in [1.807, 2.05) is 0 Å². The number of aromatic nitrogens is 2. The number of anilines is 2. The highest BCUT2D eigenvalue weighted by molar-refractivity contribution is 7.92. The molecular weight excluding hydrogens is 254 g/mol. The summed E-state index contributed by atoms with van der Waals surface area (Å²) in [6.07, 6.45) is 2.90. The maximum Gasteiger partial charge on any atom is 0.264 e. The van der Waals surface area contributed by atoms with Gasteiger partial charge in [0, 0.05) is 18.1 Å². The van der Waals surface area contributed by atoms with Gasteiger partial charge in [-0.05, 0) is 30.3 Å². The molecule has 0 aliphatic carbocycles. The first kappa shape index (κ1) is 12.3. The minimum Gasteiger partial charge on any atom is -0.324 e. The van der Waals surface area contributed by atoms with E-state index in [1.54, 1.807) is 18.2 Å². The smallest absolute Gasteiger partial charge is 0.264 e. The van der Waals surface area contributed by atoms with Gasteiger partial charge in [-0.1, -0.05) is 0 Å². The summed E-state index contributed by atoms with van der Waals surface area (Å²) in [5, 5.41) is 0. The lowest BCUT2D eigenvalue weighted by molar-refractivity contribution is 0.601. The maximum atomic E-state index is 12.0. The molecule has 2 rings (SSSR count). The van der Waals surface area contributed by atoms with Crippen LogP contribution in [0, 0.1) is 0 Å². The number of benzene rings is 1. The normalized spacial score (nSPS) is 10.9. The van der Waals surface area contributed by atoms with Crippen LogP contribution in [0.3, 0.4) is 0 Å². The Morgan fingerprint density at radius 2 is 1.67 bits per heavy atom. The third-order valence-electron chi connectivity index (χ3n) is 2.12. The molecular formula is C10H11N5O2S. The van der Waals surface area contributed by atoms with Crippen LogP contribution in [0.4, 0.5) is 11.6 Å². The van der Waals surface area contributed by atoms with Crippen LogP contribution in [-0.2, 0) is 10.0 Å². The van der Waals surface area contributed by atoms with Crippen molar-refractivity contribution in [3.05, 3.63) is 42.7 Å². The van der Waals surface area contributed by atoms with Gasteiger partial charge in [-0.2, -0.15) is 0 Å². The Hall–Kier alpha value is -2.19. The molecule has 1 aromatic heterocycles. The molecule has 0 radical (unpaired) electrons. The molecule has 18 heavy (non-hydrogen) atoms. The Morgan fingerprint density at radius 3 is 2.22 bits per heavy atom. The first-order chi connectivity index (χ1) is 8.62. The molecule has 8 heteroatoms. The molecule has 0 saturated heterocycles. The fourth-order valence-corrected chi connectivity index (χ4v) is 2.22. The van der Waals surface area contributed by atoms with Crippen molar-refractivity contribution in [2.45, 2.75) is 4.90 Å². The molecule has 4 N–H and O–H groups in total. The summed E-state index contributed by atoms with van der Waals surface area (Å²) in [4.78, 5) is 7.68. The van der Waals surface area contributed by atoms with E-state index in [0.717, 1.165) is 0 Å². The topological polar surface area (TPSA) is 110 Å². The van der Waals surface area contributed by atoms with Crippen molar-refractivity contribution < 1.29 is 8.42 Å². The van der Waals surface area contributed by atoms with Gasteiger partial charge in [0.2, 0.25) is 5.95 Å². The quantitative estimate of drug-likeness (QED) is 0.550. The maximum absolute atomic E-state index is 12.0. The number of nitrogen functional groups attached to an aromatic ring is 1. The predicted molar refractivity (Wildman–Crippen MR) is 67.1 cm³/mol. The summed E-state index contributed by atoms with van der Waals surface area (Å²) in [6.45, 7) is 0. The highest BCUT2D eigenvalue weighted by atomic mass is 32.2. The minimum absolute atomic E-state index is 0.0264. The molecule has 0 fully saturated rings. The zero-order valence-corrected chi connectivity index (χ0v) is 10.1. The van der Waals surface area contributed by atoms with Gasteiger partial charge in [0.1, 0.15) is 0 Å². The van der Waals surface area contributed by atoms with Crippen LogP contribution in [0.5, 0.6) is 0 Å². The monoisotopic (exact) mass is 265 g/mol. The third kappa shape index (κ3) is 2.73. The first-order valence-corrected chi connectivity index (χ1v) is 6.47. The average Bonchev–Trinajstić information content (AvgIpc) is 2.39. The van der Waals surface area contributed by atoms with E-state index >= 15 is 0 Å². The van der Waals surface area contributed by atoms with E-state index in [9.17, 15) is 8.42 Å². The summed E-state index contributed by atoms with van der Waals surface area (Å²) in [5.74, 6) is 5.22. The van der Waals surface area contributed by atoms with Gasteiger partial charge in [-0.3, -0.25) is 5.84 Å². The van der Waals surface area contributed by atoms with E-state index in [0.29, 0.717) is 5.69 Å². The van der Waals surface area contributed by atoms with Crippen molar-refractivity contribution in [1.82, 2.24) is 9.97 Å². The Balaban J connectivity index is 2.25. The molecule has 0 amide bonds. The molecule has 0 aliphatic rings. The van der Waals surface area contributed by atoms with Gasteiger partial charge in [0.15, 0.2) is 0 Å². The van der Waals surface area contributed by atoms with E-state index < -0.39 is 10.0 Å². The van der Waals surface area contributed by atoms with Crippen LogP contribution in [0.15, 0.2) is 47.6 Å². The van der Waals surface area contributed by atoms with Gasteiger partial charge in [-0.15, -0.1) is 0 Å². The molecule has 1 heterocycles. The van der Waals surface area contributed by atoms with Gasteiger partial charge >= 0.3 is 0 Å². The highest BCUT2D eigenvalue weighted by Crippen LogP contribution is 2.15. The number of hydrazine groups is 1. The SMILES string of the molecule is NNc1ccc(S(=O)(=O)Nc2ncccn2)cc1. The highest BCUT2D eigenvalue weighted by Gasteiger charge is 2.14. The molecule has 2 aromatic rings. The number of hydrogen-bond acceptors (Lipinski definition) is 6. The Labute approximate surface area is 104 Å². The van der Waals surface area contributed by atoms with Gasteiger partial charge in [-0.25, -0.2) is 23.1 Å². The zero-order valence-electron chi connectivity index (χ0n) is 9.24. The van der Waals surface area contributed by atoms with Crippen LogP contribution in [0.1, 0.15) is 0 Å². The third-order valence-corrected chi connectivity index (χ3v) is 3.47. The number of nitrogens with one attached hydrogen (secondary N) is 2. The van der Waals surface area contributed by atoms with Crippen molar-refractivity contribution in [3.63, 3.8) is 0 Å². The van der Waals surface area contributed by atoms with E-state index in [4.69, 9.17) is 5.84 Å². The van der Waals surface area contributed by atoms with Crippen molar-refractivity contribution in [2.24, 2.45) is 5.84 Å². The van der Waals surface area contributed by atoms with E-state index in [2.05, 4.69) is 20.1 Å². The van der Waals surface area contributed by atoms with Gasteiger partial charge in [0.05, 0.1) is 4.90 Å². The van der Waals surface area contributed by atoms with Crippen molar-refractivity contribution in [1.29, 1.82) is 0 Å². The lowest BCUT2D eigenvalue weighted by atomic mass is 10.3. The standard InChI is InChI=1S/C10H11N5O2S/c11-14-8-2-4-9(5-3-8)18(16,17)15-10-12-6-1-7-13-10/h1-7,14H,11H2,(H,12,13,15). The lowest BCUT2D eigenvalue weighted by Crippen LogP contribution is -2.15. The molecule has 0 bridgehead atoms. The summed E-state index contributed by atoms with van der Waals surface area (Å²) in [7, 11) is -3.68. The minimum atomic E-state index is -3.68. The fraction of sp³-hybridized carbons (Fsp3) is 0. The average molecular weight is 265 g/mol. The molecule has 1 aromatic carbocycles. The van der Waals surface area contributed by atoms with Crippen LogP contribution < -0.4 is 16.0 Å². The predicted octanol–water partition coefficient (Wildman–Crippen LogP) is 0.563. The second kappa shape index (κ2) is 4.98. The van der Waals surface area contributed by atoms with Gasteiger partial charge < -0.3 is 5.43 Å². The summed E-state index contributed by atoms with van der Waals surface area (Å²) < 4.78 is 26.2. The molecule has 0 atom stereocenters. The Bertz CT molecular complexity index is 612. The van der Waals surface area contributed by atoms with Crippen LogP contribution in [-0.4, -0.2) is 18.4 Å². The van der Waals surface area contributed by atoms with Gasteiger partial charge in [0.25, 0.3) is 10.0 Å². The molecule has 0 spiro atoms. The molecule has 0 aliphatic heterocycles. The number of nitrogens with zero attached hydrogens (tertiary/aromatic N) is 2. The first-order valence-electron chi connectivity index (χ1n) is 4.98. The van der Waals surface area contributed by atoms with Crippen LogP contribution in [0.2, 0.25) is 0 Å². The van der Waals surface area contributed by atoms with Crippen molar-refractivity contribution in [2.75, 3.05) is 10.1 Å². The van der Waals surface area contributed by atoms with E-state index in [1.165, 1.54) is 24.5 Å². The molecule has 0 unspecified atom stereocenters. The second-order valence-corrected chi connectivity index (χ2v) is 5.03. The number of rotatable bonds is 4. The fourth-order valence-electron chi connectivity index (χ4n) is 1.26. The van der Waals surface area contributed by atoms with Crippen molar-refractivity contribution >= 4 is 21.7 Å². The number of hydrogen-bond donors (Lipinski definition) is 3. The Kier molecular flexibility index (Phi) is 3.40. The Morgan fingerprint density at radius 1 is 1.06 bits per heavy atom. The number of nitrogens with two attached hydrogens (primary N) is 1. The summed E-state index contributed by atoms with van der Waals surface area (Å²) in [6, 6.07) is 7.57. The molecule has 0 saturated carbocycles. The number of sulfonamides is 1. The zero-order chi connectivity index (χ0) is 13.0. The van der Waals surface area contributed by atoms with Crippen molar-refractivity contribution in [3.8, 4) is 0 Å². The van der Waals surface area contributed by atoms with E-state index in [-0.39, 0.29) is 10.8 Å². The summed E-state index contributed by atoms with van der Waals surface area (Å²) >= 11 is 0. The lowest BCUT2D eigenvalue weighted by Gasteiger charge is -2.06. The van der Waals surface area contributed by atoms with Crippen LogP contribution >= 0.6 is 0 Å². The van der Waals surface area contributed by atoms with Crippen LogP contribution in [0.25, 0.3) is 0 Å².